The Morgan fingerprint density at radius 3 is 2.60 bits per heavy atom. The molecule has 0 saturated carbocycles. The van der Waals surface area contributed by atoms with Gasteiger partial charge in [0.25, 0.3) is 5.91 Å². The quantitative estimate of drug-likeness (QED) is 0.700. The van der Waals surface area contributed by atoms with Crippen molar-refractivity contribution in [3.8, 4) is 5.75 Å². The molecule has 0 heterocycles. The molecule has 0 spiro atoms. The van der Waals surface area contributed by atoms with Crippen molar-refractivity contribution >= 4 is 33.5 Å². The molecule has 0 fully saturated rings. The largest absolute Gasteiger partial charge is 0.483 e. The Morgan fingerprint density at radius 1 is 1.12 bits per heavy atom. The Bertz CT molecular complexity index is 761. The van der Waals surface area contributed by atoms with E-state index < -0.39 is 5.97 Å². The molecule has 0 bridgehead atoms. The summed E-state index contributed by atoms with van der Waals surface area (Å²) in [6, 6.07) is 12.4. The highest BCUT2D eigenvalue weighted by molar-refractivity contribution is 9.10. The van der Waals surface area contributed by atoms with Gasteiger partial charge in [-0.1, -0.05) is 35.0 Å². The van der Waals surface area contributed by atoms with E-state index in [9.17, 15) is 9.59 Å². The second-order valence-corrected chi connectivity index (χ2v) is 6.12. The summed E-state index contributed by atoms with van der Waals surface area (Å²) in [6.07, 6.45) is 0.794. The van der Waals surface area contributed by atoms with Gasteiger partial charge in [0, 0.05) is 4.47 Å². The van der Waals surface area contributed by atoms with Gasteiger partial charge in [-0.3, -0.25) is 4.79 Å². The molecule has 2 rings (SSSR count). The maximum absolute atomic E-state index is 12.2. The number of ether oxygens (including phenoxy) is 2. The number of hydrogen-bond donors (Lipinski definition) is 1. The molecule has 132 valence electrons. The van der Waals surface area contributed by atoms with Crippen LogP contribution in [0.5, 0.6) is 5.75 Å². The zero-order chi connectivity index (χ0) is 18.2. The normalized spacial score (nSPS) is 10.2. The average Bonchev–Trinajstić information content (AvgIpc) is 2.61. The van der Waals surface area contributed by atoms with E-state index in [0.29, 0.717) is 17.0 Å². The summed E-state index contributed by atoms with van der Waals surface area (Å²) in [6.45, 7) is 3.88. The van der Waals surface area contributed by atoms with Crippen molar-refractivity contribution in [1.29, 1.82) is 0 Å². The number of aryl methyl sites for hydroxylation is 1. The number of halogens is 1. The molecule has 0 aliphatic rings. The molecular weight excluding hydrogens is 386 g/mol. The predicted molar refractivity (Wildman–Crippen MR) is 100 cm³/mol. The van der Waals surface area contributed by atoms with Crippen LogP contribution >= 0.6 is 15.9 Å². The van der Waals surface area contributed by atoms with E-state index in [1.165, 1.54) is 0 Å². The van der Waals surface area contributed by atoms with Gasteiger partial charge >= 0.3 is 5.97 Å². The minimum Gasteiger partial charge on any atom is -0.483 e. The Kier molecular flexibility index (Phi) is 7.01. The third-order valence-electron chi connectivity index (χ3n) is 3.46. The number of para-hydroxylation sites is 1. The molecule has 0 radical (unpaired) electrons. The number of nitrogens with one attached hydrogen (secondary N) is 1. The maximum Gasteiger partial charge on any atom is 0.340 e. The van der Waals surface area contributed by atoms with Crippen molar-refractivity contribution in [1.82, 2.24) is 0 Å². The van der Waals surface area contributed by atoms with E-state index in [1.54, 1.807) is 31.2 Å². The highest BCUT2D eigenvalue weighted by atomic mass is 79.9. The third kappa shape index (κ3) is 5.32. The minimum absolute atomic E-state index is 0.147. The highest BCUT2D eigenvalue weighted by Gasteiger charge is 2.14. The predicted octanol–water partition coefficient (Wildman–Crippen LogP) is 4.21. The maximum atomic E-state index is 12.2. The first kappa shape index (κ1) is 19.0. The molecule has 0 saturated heterocycles. The molecule has 0 atom stereocenters. The molecule has 0 aromatic heterocycles. The van der Waals surface area contributed by atoms with Crippen molar-refractivity contribution < 1.29 is 19.1 Å². The van der Waals surface area contributed by atoms with Gasteiger partial charge in [-0.25, -0.2) is 4.79 Å². The Morgan fingerprint density at radius 2 is 1.88 bits per heavy atom. The number of amides is 1. The molecule has 1 amide bonds. The van der Waals surface area contributed by atoms with E-state index in [1.807, 2.05) is 25.1 Å². The first-order valence-corrected chi connectivity index (χ1v) is 8.81. The van der Waals surface area contributed by atoms with Gasteiger partial charge in [0.1, 0.15) is 5.75 Å². The Hall–Kier alpha value is -2.34. The second-order valence-electron chi connectivity index (χ2n) is 5.21. The van der Waals surface area contributed by atoms with Gasteiger partial charge in [0.15, 0.2) is 6.61 Å². The minimum atomic E-state index is -0.472. The van der Waals surface area contributed by atoms with Crippen LogP contribution in [-0.4, -0.2) is 25.1 Å². The highest BCUT2D eigenvalue weighted by Crippen LogP contribution is 2.24. The number of benzene rings is 2. The van der Waals surface area contributed by atoms with Crippen molar-refractivity contribution in [3.05, 3.63) is 58.1 Å². The van der Waals surface area contributed by atoms with Crippen LogP contribution in [0.2, 0.25) is 0 Å². The van der Waals surface area contributed by atoms with E-state index in [0.717, 1.165) is 16.5 Å². The number of carbonyl (C=O) groups excluding carboxylic acids is 2. The molecule has 0 unspecified atom stereocenters. The fourth-order valence-electron chi connectivity index (χ4n) is 2.27. The van der Waals surface area contributed by atoms with E-state index in [-0.39, 0.29) is 19.1 Å². The first-order chi connectivity index (χ1) is 12.0. The summed E-state index contributed by atoms with van der Waals surface area (Å²) in [7, 11) is 0. The number of hydrogen-bond acceptors (Lipinski definition) is 4. The summed E-state index contributed by atoms with van der Waals surface area (Å²) in [5.41, 5.74) is 1.73. The number of anilines is 1. The fourth-order valence-corrected chi connectivity index (χ4v) is 2.68. The molecule has 0 aliphatic heterocycles. The van der Waals surface area contributed by atoms with Gasteiger partial charge in [0.05, 0.1) is 17.9 Å². The third-order valence-corrected chi connectivity index (χ3v) is 3.95. The van der Waals surface area contributed by atoms with E-state index in [4.69, 9.17) is 9.47 Å². The van der Waals surface area contributed by atoms with Crippen LogP contribution in [0.1, 0.15) is 29.8 Å². The topological polar surface area (TPSA) is 64.6 Å². The van der Waals surface area contributed by atoms with Gasteiger partial charge in [-0.2, -0.15) is 0 Å². The van der Waals surface area contributed by atoms with Crippen molar-refractivity contribution in [2.24, 2.45) is 0 Å². The standard InChI is InChI=1S/C19H20BrNO4/c1-3-13-11-14(20)9-10-17(13)25-12-18(22)21-16-8-6-5-7-15(16)19(23)24-4-2/h5-11H,3-4,12H2,1-2H3,(H,21,22). The molecule has 25 heavy (non-hydrogen) atoms. The van der Waals surface area contributed by atoms with Crippen molar-refractivity contribution in [3.63, 3.8) is 0 Å². The lowest BCUT2D eigenvalue weighted by atomic mass is 10.1. The Balaban J connectivity index is 2.03. The van der Waals surface area contributed by atoms with Gasteiger partial charge in [0.2, 0.25) is 0 Å². The summed E-state index contributed by atoms with van der Waals surface area (Å²) in [5.74, 6) is -0.151. The van der Waals surface area contributed by atoms with Crippen molar-refractivity contribution in [2.75, 3.05) is 18.5 Å². The van der Waals surface area contributed by atoms with Crippen LogP contribution in [0.4, 0.5) is 5.69 Å². The van der Waals surface area contributed by atoms with E-state index in [2.05, 4.69) is 21.2 Å². The lowest BCUT2D eigenvalue weighted by Gasteiger charge is -2.13. The monoisotopic (exact) mass is 405 g/mol. The average molecular weight is 406 g/mol. The number of rotatable bonds is 7. The summed E-state index contributed by atoms with van der Waals surface area (Å²) in [5, 5.41) is 2.69. The smallest absolute Gasteiger partial charge is 0.340 e. The molecule has 2 aromatic rings. The SMILES string of the molecule is CCOC(=O)c1ccccc1NC(=O)COc1ccc(Br)cc1CC. The van der Waals surface area contributed by atoms with Crippen LogP contribution in [-0.2, 0) is 16.0 Å². The number of carbonyl (C=O) groups is 2. The summed E-state index contributed by atoms with van der Waals surface area (Å²) < 4.78 is 11.6. The Labute approximate surface area is 155 Å². The molecule has 6 heteroatoms. The van der Waals surface area contributed by atoms with Crippen LogP contribution < -0.4 is 10.1 Å². The molecular formula is C19H20BrNO4. The summed E-state index contributed by atoms with van der Waals surface area (Å²) in [4.78, 5) is 24.1. The lowest BCUT2D eigenvalue weighted by molar-refractivity contribution is -0.118. The number of esters is 1. The fraction of sp³-hybridized carbons (Fsp3) is 0.263. The van der Waals surface area contributed by atoms with Crippen LogP contribution in [0.3, 0.4) is 0 Å². The zero-order valence-electron chi connectivity index (χ0n) is 14.2. The van der Waals surface area contributed by atoms with Gasteiger partial charge in [-0.15, -0.1) is 0 Å². The molecule has 1 N–H and O–H groups in total. The van der Waals surface area contributed by atoms with Crippen LogP contribution in [0, 0.1) is 0 Å². The molecule has 0 aliphatic carbocycles. The van der Waals surface area contributed by atoms with E-state index >= 15 is 0 Å². The zero-order valence-corrected chi connectivity index (χ0v) is 15.8. The first-order valence-electron chi connectivity index (χ1n) is 8.02. The van der Waals surface area contributed by atoms with Gasteiger partial charge < -0.3 is 14.8 Å². The van der Waals surface area contributed by atoms with Crippen LogP contribution in [0.25, 0.3) is 0 Å². The van der Waals surface area contributed by atoms with Gasteiger partial charge in [-0.05, 0) is 49.2 Å². The molecule has 5 nitrogen and oxygen atoms in total. The molecule has 2 aromatic carbocycles. The second kappa shape index (κ2) is 9.22. The lowest BCUT2D eigenvalue weighted by Crippen LogP contribution is -2.22. The summed E-state index contributed by atoms with van der Waals surface area (Å²) >= 11 is 3.42. The van der Waals surface area contributed by atoms with Crippen molar-refractivity contribution in [2.45, 2.75) is 20.3 Å². The van der Waals surface area contributed by atoms with Crippen LogP contribution in [0.15, 0.2) is 46.9 Å².